The van der Waals surface area contributed by atoms with Gasteiger partial charge in [-0.25, -0.2) is 9.99 Å². The lowest BCUT2D eigenvalue weighted by Gasteiger charge is -2.15. The molecule has 34 heavy (non-hydrogen) atoms. The van der Waals surface area contributed by atoms with Gasteiger partial charge in [0, 0.05) is 35.8 Å². The molecular weight excluding hydrogens is 436 g/mol. The van der Waals surface area contributed by atoms with E-state index >= 15 is 0 Å². The summed E-state index contributed by atoms with van der Waals surface area (Å²) in [5, 5.41) is 16.0. The maximum absolute atomic E-state index is 13.3. The van der Waals surface area contributed by atoms with Crippen LogP contribution < -0.4 is 20.5 Å². The number of hydrogen-bond donors (Lipinski definition) is 2. The molecule has 0 aliphatic heterocycles. The number of hydrazone groups is 1. The zero-order chi connectivity index (χ0) is 24.2. The summed E-state index contributed by atoms with van der Waals surface area (Å²) in [5.74, 6) is 0.260. The lowest BCUT2D eigenvalue weighted by atomic mass is 10.1. The van der Waals surface area contributed by atoms with E-state index in [9.17, 15) is 14.7 Å². The summed E-state index contributed by atoms with van der Waals surface area (Å²) in [6.07, 6.45) is 3.34. The number of aromatic hydroxyl groups is 1. The molecule has 0 fully saturated rings. The van der Waals surface area contributed by atoms with Gasteiger partial charge in [0.1, 0.15) is 0 Å². The number of carbonyl (C=O) groups excluding carboxylic acids is 1. The zero-order valence-corrected chi connectivity index (χ0v) is 19.0. The molecule has 174 valence electrons. The summed E-state index contributed by atoms with van der Waals surface area (Å²) in [4.78, 5) is 25.6. The van der Waals surface area contributed by atoms with E-state index in [0.29, 0.717) is 28.0 Å². The minimum absolute atomic E-state index is 0.151. The third-order valence-corrected chi connectivity index (χ3v) is 5.50. The number of rotatable bonds is 7. The highest BCUT2D eigenvalue weighted by atomic mass is 16.5. The van der Waals surface area contributed by atoms with Gasteiger partial charge >= 0.3 is 0 Å². The van der Waals surface area contributed by atoms with Crippen molar-refractivity contribution in [1.82, 2.24) is 14.6 Å². The van der Waals surface area contributed by atoms with Gasteiger partial charge in [-0.1, -0.05) is 18.2 Å². The Morgan fingerprint density at radius 2 is 1.79 bits per heavy atom. The third kappa shape index (κ3) is 4.23. The van der Waals surface area contributed by atoms with Crippen LogP contribution in [0.15, 0.2) is 70.7 Å². The van der Waals surface area contributed by atoms with E-state index in [1.807, 2.05) is 29.9 Å². The van der Waals surface area contributed by atoms with Gasteiger partial charge in [0.05, 0.1) is 38.1 Å². The average Bonchev–Trinajstić information content (AvgIpc) is 3.25. The number of nitrogens with one attached hydrogen (secondary N) is 1. The van der Waals surface area contributed by atoms with Crippen LogP contribution in [-0.4, -0.2) is 40.6 Å². The van der Waals surface area contributed by atoms with Crippen LogP contribution in [0.5, 0.6) is 17.4 Å². The minimum atomic E-state index is -0.412. The average molecular weight is 460 g/mol. The number of methoxy groups -OCH3 is 2. The predicted octanol–water partition coefficient (Wildman–Crippen LogP) is 2.74. The highest BCUT2D eigenvalue weighted by Gasteiger charge is 2.18. The molecule has 0 aliphatic rings. The molecule has 0 radical (unpaired) electrons. The Morgan fingerprint density at radius 1 is 1.06 bits per heavy atom. The Balaban J connectivity index is 1.75. The van der Waals surface area contributed by atoms with E-state index < -0.39 is 5.56 Å². The smallest absolute Gasteiger partial charge is 0.265 e. The van der Waals surface area contributed by atoms with Crippen LogP contribution in [0, 0.1) is 0 Å². The van der Waals surface area contributed by atoms with Gasteiger partial charge in [0.15, 0.2) is 11.5 Å². The van der Waals surface area contributed by atoms with E-state index in [4.69, 9.17) is 9.47 Å². The number of aryl methyl sites for hydroxylation is 1. The van der Waals surface area contributed by atoms with Crippen molar-refractivity contribution in [1.29, 1.82) is 0 Å². The molecule has 2 aromatic carbocycles. The lowest BCUT2D eigenvalue weighted by molar-refractivity contribution is -0.120. The summed E-state index contributed by atoms with van der Waals surface area (Å²) in [6, 6.07) is 15.5. The summed E-state index contributed by atoms with van der Waals surface area (Å²) in [7, 11) is 4.85. The summed E-state index contributed by atoms with van der Waals surface area (Å²) in [5.41, 5.74) is 3.57. The number of pyridine rings is 1. The Bertz CT molecular complexity index is 1450. The molecule has 0 aliphatic carbocycles. The van der Waals surface area contributed by atoms with E-state index in [1.165, 1.54) is 20.4 Å². The molecule has 0 saturated heterocycles. The number of benzene rings is 2. The fourth-order valence-electron chi connectivity index (χ4n) is 3.75. The number of hydrogen-bond acceptors (Lipinski definition) is 6. The first kappa shape index (κ1) is 22.7. The van der Waals surface area contributed by atoms with Crippen molar-refractivity contribution in [2.45, 2.75) is 6.42 Å². The molecule has 2 N–H and O–H groups in total. The van der Waals surface area contributed by atoms with Crippen LogP contribution in [0.4, 0.5) is 0 Å². The minimum Gasteiger partial charge on any atom is -0.494 e. The maximum atomic E-state index is 13.3. The van der Waals surface area contributed by atoms with Crippen molar-refractivity contribution >= 4 is 22.9 Å². The fourth-order valence-corrected chi connectivity index (χ4v) is 3.75. The highest BCUT2D eigenvalue weighted by molar-refractivity contribution is 6.02. The van der Waals surface area contributed by atoms with Gasteiger partial charge in [-0.15, -0.1) is 0 Å². The van der Waals surface area contributed by atoms with Crippen LogP contribution in [0.2, 0.25) is 0 Å². The second-order valence-electron chi connectivity index (χ2n) is 7.54. The van der Waals surface area contributed by atoms with Crippen LogP contribution in [0.3, 0.4) is 0 Å². The molecule has 9 heteroatoms. The largest absolute Gasteiger partial charge is 0.494 e. The number of fused-ring (bicyclic) bond motifs is 1. The van der Waals surface area contributed by atoms with E-state index in [-0.39, 0.29) is 23.8 Å². The van der Waals surface area contributed by atoms with Gasteiger partial charge in [-0.3, -0.25) is 9.59 Å². The summed E-state index contributed by atoms with van der Waals surface area (Å²) >= 11 is 0. The van der Waals surface area contributed by atoms with E-state index in [0.717, 1.165) is 10.3 Å². The molecule has 0 atom stereocenters. The van der Waals surface area contributed by atoms with Gasteiger partial charge in [0.25, 0.3) is 5.56 Å². The Hall–Kier alpha value is -4.53. The van der Waals surface area contributed by atoms with Crippen LogP contribution >= 0.6 is 0 Å². The number of nitrogens with zero attached hydrogens (tertiary/aromatic N) is 3. The fraction of sp³-hybridized carbons (Fsp3) is 0.160. The van der Waals surface area contributed by atoms with Gasteiger partial charge < -0.3 is 19.1 Å². The molecule has 0 unspecified atom stereocenters. The zero-order valence-electron chi connectivity index (χ0n) is 19.0. The molecule has 9 nitrogen and oxygen atoms in total. The summed E-state index contributed by atoms with van der Waals surface area (Å²) in [6.45, 7) is 0. The summed E-state index contributed by atoms with van der Waals surface area (Å²) < 4.78 is 13.6. The maximum Gasteiger partial charge on any atom is 0.265 e. The third-order valence-electron chi connectivity index (χ3n) is 5.50. The Kier molecular flexibility index (Phi) is 6.35. The number of amides is 1. The van der Waals surface area contributed by atoms with E-state index in [2.05, 4.69) is 10.5 Å². The van der Waals surface area contributed by atoms with Crippen molar-refractivity contribution in [2.75, 3.05) is 14.2 Å². The van der Waals surface area contributed by atoms with Crippen molar-refractivity contribution in [3.05, 3.63) is 82.4 Å². The Morgan fingerprint density at radius 3 is 2.47 bits per heavy atom. The lowest BCUT2D eigenvalue weighted by Crippen LogP contribution is -2.22. The van der Waals surface area contributed by atoms with Gasteiger partial charge in [0.2, 0.25) is 11.8 Å². The number of ether oxygens (including phenoxy) is 2. The molecule has 4 rings (SSSR count). The molecule has 4 aromatic rings. The van der Waals surface area contributed by atoms with Crippen molar-refractivity contribution in [3.8, 4) is 23.1 Å². The van der Waals surface area contributed by atoms with Crippen LogP contribution in [-0.2, 0) is 18.3 Å². The SMILES string of the molecule is COc1ccc(-n2c(O)c(C=NNC(=O)Cc3cccn3C)c3ccccc3c2=O)cc1OC. The monoisotopic (exact) mass is 460 g/mol. The number of aromatic nitrogens is 2. The molecule has 2 heterocycles. The van der Waals surface area contributed by atoms with E-state index in [1.54, 1.807) is 42.5 Å². The second kappa shape index (κ2) is 9.53. The molecule has 0 spiro atoms. The van der Waals surface area contributed by atoms with Crippen LogP contribution in [0.25, 0.3) is 16.5 Å². The molecular formula is C25H24N4O5. The van der Waals surface area contributed by atoms with Crippen molar-refractivity contribution < 1.29 is 19.4 Å². The predicted molar refractivity (Wildman–Crippen MR) is 129 cm³/mol. The first-order chi connectivity index (χ1) is 16.4. The first-order valence-corrected chi connectivity index (χ1v) is 10.5. The van der Waals surface area contributed by atoms with Crippen molar-refractivity contribution in [3.63, 3.8) is 0 Å². The molecule has 2 aromatic heterocycles. The Labute approximate surface area is 195 Å². The second-order valence-corrected chi connectivity index (χ2v) is 7.54. The quantitative estimate of drug-likeness (QED) is 0.326. The van der Waals surface area contributed by atoms with Crippen molar-refractivity contribution in [2.24, 2.45) is 12.1 Å². The van der Waals surface area contributed by atoms with Gasteiger partial charge in [-0.05, 0) is 30.3 Å². The molecule has 0 bridgehead atoms. The number of carbonyl (C=O) groups is 1. The topological polar surface area (TPSA) is 107 Å². The van der Waals surface area contributed by atoms with Crippen LogP contribution in [0.1, 0.15) is 11.3 Å². The highest BCUT2D eigenvalue weighted by Crippen LogP contribution is 2.32. The first-order valence-electron chi connectivity index (χ1n) is 10.5. The molecule has 1 amide bonds. The normalized spacial score (nSPS) is 11.1. The molecule has 0 saturated carbocycles. The van der Waals surface area contributed by atoms with Gasteiger partial charge in [-0.2, -0.15) is 5.10 Å². The standard InChI is InChI=1S/C25H24N4O5/c1-28-12-6-7-16(28)14-23(30)27-26-15-20-18-8-4-5-9-19(18)24(31)29(25(20)32)17-10-11-21(33-2)22(13-17)34-3/h4-13,15,32H,14H2,1-3H3,(H,27,30).